The first kappa shape index (κ1) is 14.0. The molecule has 1 rings (SSSR count). The molecule has 0 saturated carbocycles. The van der Waals surface area contributed by atoms with Crippen LogP contribution in [0.25, 0.3) is 0 Å². The normalized spacial score (nSPS) is 19.4. The van der Waals surface area contributed by atoms with Crippen molar-refractivity contribution in [1.29, 1.82) is 0 Å². The topological polar surface area (TPSA) is 70.2 Å². The van der Waals surface area contributed by atoms with E-state index in [1.54, 1.807) is 0 Å². The van der Waals surface area contributed by atoms with Gasteiger partial charge in [-0.1, -0.05) is 13.8 Å². The van der Waals surface area contributed by atoms with Crippen LogP contribution in [0.3, 0.4) is 0 Å². The lowest BCUT2D eigenvalue weighted by molar-refractivity contribution is -0.124. The molecule has 0 radical (unpaired) electrons. The number of hydrogen-bond acceptors (Lipinski definition) is 3. The molecule has 1 aliphatic heterocycles. The predicted molar refractivity (Wildman–Crippen MR) is 66.5 cm³/mol. The summed E-state index contributed by atoms with van der Waals surface area (Å²) in [7, 11) is 0. The maximum atomic E-state index is 11.6. The molecule has 3 N–H and O–H groups in total. The summed E-state index contributed by atoms with van der Waals surface area (Å²) in [6, 6.07) is 0. The summed E-state index contributed by atoms with van der Waals surface area (Å²) in [5, 5.41) is 8.77. The van der Waals surface area contributed by atoms with Crippen LogP contribution in [0.1, 0.15) is 26.7 Å². The number of carbonyl (C=O) groups is 2. The van der Waals surface area contributed by atoms with Crippen molar-refractivity contribution in [2.24, 2.45) is 11.8 Å². The summed E-state index contributed by atoms with van der Waals surface area (Å²) >= 11 is 0. The van der Waals surface area contributed by atoms with Gasteiger partial charge in [0.15, 0.2) is 0 Å². The molecule has 1 atom stereocenters. The molecule has 5 nitrogen and oxygen atoms in total. The number of hydrogen-bond donors (Lipinski definition) is 3. The van der Waals surface area contributed by atoms with Crippen LogP contribution in [0.4, 0.5) is 0 Å². The van der Waals surface area contributed by atoms with Gasteiger partial charge in [-0.25, -0.2) is 0 Å². The fourth-order valence-electron chi connectivity index (χ4n) is 1.73. The molecule has 98 valence electrons. The summed E-state index contributed by atoms with van der Waals surface area (Å²) in [6.45, 7) is 6.89. The third-order valence-electron chi connectivity index (χ3n) is 2.79. The lowest BCUT2D eigenvalue weighted by atomic mass is 10.1. The number of nitrogens with one attached hydrogen (secondary N) is 3. The maximum Gasteiger partial charge on any atom is 0.224 e. The first-order chi connectivity index (χ1) is 8.09. The highest BCUT2D eigenvalue weighted by molar-refractivity contribution is 5.80. The first-order valence-electron chi connectivity index (χ1n) is 6.34. The highest BCUT2D eigenvalue weighted by Gasteiger charge is 2.21. The van der Waals surface area contributed by atoms with E-state index in [9.17, 15) is 9.59 Å². The van der Waals surface area contributed by atoms with Crippen LogP contribution in [0, 0.1) is 11.8 Å². The Kier molecular flexibility index (Phi) is 5.97. The van der Waals surface area contributed by atoms with Crippen LogP contribution < -0.4 is 16.0 Å². The van der Waals surface area contributed by atoms with Crippen molar-refractivity contribution in [3.63, 3.8) is 0 Å². The van der Waals surface area contributed by atoms with Crippen molar-refractivity contribution >= 4 is 11.8 Å². The standard InChI is InChI=1S/C12H23N3O2/c1-9(2)7-15-11(16)4-6-14-12(17)10-3-5-13-8-10/h9-10,13H,3-8H2,1-2H3,(H,14,17)(H,15,16). The number of amides is 2. The highest BCUT2D eigenvalue weighted by atomic mass is 16.2. The minimum Gasteiger partial charge on any atom is -0.356 e. The Morgan fingerprint density at radius 3 is 2.71 bits per heavy atom. The summed E-state index contributed by atoms with van der Waals surface area (Å²) in [6.07, 6.45) is 1.25. The molecule has 2 amide bonds. The van der Waals surface area contributed by atoms with Gasteiger partial charge in [-0.05, 0) is 18.9 Å². The van der Waals surface area contributed by atoms with Gasteiger partial charge >= 0.3 is 0 Å². The number of carbonyl (C=O) groups excluding carboxylic acids is 2. The monoisotopic (exact) mass is 241 g/mol. The predicted octanol–water partition coefficient (Wildman–Crippen LogP) is -0.126. The van der Waals surface area contributed by atoms with Crippen molar-refractivity contribution < 1.29 is 9.59 Å². The molecule has 0 aliphatic carbocycles. The average Bonchev–Trinajstić information content (AvgIpc) is 2.79. The molecule has 5 heteroatoms. The molecular formula is C12H23N3O2. The SMILES string of the molecule is CC(C)CNC(=O)CCNC(=O)C1CCNC1. The zero-order chi connectivity index (χ0) is 12.7. The largest absolute Gasteiger partial charge is 0.356 e. The fraction of sp³-hybridized carbons (Fsp3) is 0.833. The van der Waals surface area contributed by atoms with Crippen molar-refractivity contribution in [1.82, 2.24) is 16.0 Å². The van der Waals surface area contributed by atoms with E-state index in [-0.39, 0.29) is 17.7 Å². The Morgan fingerprint density at radius 2 is 2.12 bits per heavy atom. The molecule has 0 aromatic heterocycles. The van der Waals surface area contributed by atoms with Crippen LogP contribution in [0.5, 0.6) is 0 Å². The smallest absolute Gasteiger partial charge is 0.224 e. The van der Waals surface area contributed by atoms with Crippen LogP contribution >= 0.6 is 0 Å². The lowest BCUT2D eigenvalue weighted by Gasteiger charge is -2.10. The third kappa shape index (κ3) is 5.68. The minimum atomic E-state index is 0.00328. The van der Waals surface area contributed by atoms with Gasteiger partial charge in [-0.3, -0.25) is 9.59 Å². The van der Waals surface area contributed by atoms with Gasteiger partial charge in [0.25, 0.3) is 0 Å². The second-order valence-corrected chi connectivity index (χ2v) is 4.93. The van der Waals surface area contributed by atoms with Gasteiger partial charge in [0, 0.05) is 26.1 Å². The van der Waals surface area contributed by atoms with Gasteiger partial charge in [-0.2, -0.15) is 0 Å². The van der Waals surface area contributed by atoms with E-state index >= 15 is 0 Å². The van der Waals surface area contributed by atoms with Crippen molar-refractivity contribution in [3.05, 3.63) is 0 Å². The van der Waals surface area contributed by atoms with Crippen molar-refractivity contribution in [2.45, 2.75) is 26.7 Å². The zero-order valence-corrected chi connectivity index (χ0v) is 10.7. The second kappa shape index (κ2) is 7.27. The van der Waals surface area contributed by atoms with E-state index in [4.69, 9.17) is 0 Å². The van der Waals surface area contributed by atoms with Crippen LogP contribution in [-0.4, -0.2) is 38.0 Å². The Morgan fingerprint density at radius 1 is 1.35 bits per heavy atom. The van der Waals surface area contributed by atoms with Crippen LogP contribution in [0.2, 0.25) is 0 Å². The Balaban J connectivity index is 2.06. The molecule has 0 aromatic carbocycles. The minimum absolute atomic E-state index is 0.00328. The molecule has 17 heavy (non-hydrogen) atoms. The molecule has 1 fully saturated rings. The van der Waals surface area contributed by atoms with Crippen molar-refractivity contribution in [3.8, 4) is 0 Å². The summed E-state index contributed by atoms with van der Waals surface area (Å²) in [4.78, 5) is 23.0. The molecule has 1 aliphatic rings. The summed E-state index contributed by atoms with van der Waals surface area (Å²) in [5.41, 5.74) is 0. The van der Waals surface area contributed by atoms with E-state index < -0.39 is 0 Å². The average molecular weight is 241 g/mol. The molecule has 1 saturated heterocycles. The number of rotatable bonds is 6. The van der Waals surface area contributed by atoms with Crippen LogP contribution in [0.15, 0.2) is 0 Å². The van der Waals surface area contributed by atoms with Gasteiger partial charge in [0.1, 0.15) is 0 Å². The quantitative estimate of drug-likeness (QED) is 0.607. The second-order valence-electron chi connectivity index (χ2n) is 4.93. The molecule has 1 heterocycles. The van der Waals surface area contributed by atoms with E-state index in [0.29, 0.717) is 25.4 Å². The lowest BCUT2D eigenvalue weighted by Crippen LogP contribution is -2.35. The van der Waals surface area contributed by atoms with Gasteiger partial charge in [0.05, 0.1) is 5.92 Å². The molecule has 1 unspecified atom stereocenters. The van der Waals surface area contributed by atoms with E-state index in [1.165, 1.54) is 0 Å². The maximum absolute atomic E-state index is 11.6. The summed E-state index contributed by atoms with van der Waals surface area (Å²) in [5.74, 6) is 0.599. The Bertz CT molecular complexity index is 260. The Labute approximate surface area is 103 Å². The Hall–Kier alpha value is -1.10. The van der Waals surface area contributed by atoms with E-state index in [2.05, 4.69) is 29.8 Å². The fourth-order valence-corrected chi connectivity index (χ4v) is 1.73. The molecule has 0 spiro atoms. The molecular weight excluding hydrogens is 218 g/mol. The van der Waals surface area contributed by atoms with Crippen LogP contribution in [-0.2, 0) is 9.59 Å². The third-order valence-corrected chi connectivity index (χ3v) is 2.79. The van der Waals surface area contributed by atoms with E-state index in [0.717, 1.165) is 19.5 Å². The highest BCUT2D eigenvalue weighted by Crippen LogP contribution is 2.06. The summed E-state index contributed by atoms with van der Waals surface area (Å²) < 4.78 is 0. The zero-order valence-electron chi connectivity index (χ0n) is 10.7. The van der Waals surface area contributed by atoms with Gasteiger partial charge in [0.2, 0.25) is 11.8 Å². The molecule has 0 bridgehead atoms. The first-order valence-corrected chi connectivity index (χ1v) is 6.34. The molecule has 0 aromatic rings. The van der Waals surface area contributed by atoms with Gasteiger partial charge in [-0.15, -0.1) is 0 Å². The van der Waals surface area contributed by atoms with Crippen molar-refractivity contribution in [2.75, 3.05) is 26.2 Å². The van der Waals surface area contributed by atoms with E-state index in [1.807, 2.05) is 0 Å². The van der Waals surface area contributed by atoms with Gasteiger partial charge < -0.3 is 16.0 Å².